The Morgan fingerprint density at radius 1 is 0.750 bits per heavy atom. The molecule has 0 bridgehead atoms. The van der Waals surface area contributed by atoms with Crippen LogP contribution in [0.5, 0.6) is 0 Å². The van der Waals surface area contributed by atoms with Crippen LogP contribution in [0.1, 0.15) is 94.4 Å². The van der Waals surface area contributed by atoms with Gasteiger partial charge in [0.2, 0.25) is 0 Å². The zero-order valence-electron chi connectivity index (χ0n) is 13.8. The van der Waals surface area contributed by atoms with Gasteiger partial charge in [0.1, 0.15) is 0 Å². The van der Waals surface area contributed by atoms with Crippen LogP contribution in [-0.2, 0) is 0 Å². The second-order valence-corrected chi connectivity index (χ2v) is 2.76. The maximum absolute atomic E-state index is 3.48. The topological polar surface area (TPSA) is 0 Å². The maximum atomic E-state index is 3.48. The highest BCUT2D eigenvalue weighted by atomic mass is 13.7. The van der Waals surface area contributed by atoms with Crippen LogP contribution in [0.3, 0.4) is 0 Å². The highest BCUT2D eigenvalue weighted by Crippen LogP contribution is 1.88. The van der Waals surface area contributed by atoms with Gasteiger partial charge in [-0.05, 0) is 6.42 Å². The SMILES string of the molecule is C=CCC.CC.CC.CCC.CCCCC. The first kappa shape index (κ1) is 29.6. The van der Waals surface area contributed by atoms with E-state index in [1.54, 1.807) is 0 Å². The summed E-state index contributed by atoms with van der Waals surface area (Å²) in [7, 11) is 0. The average molecular weight is 232 g/mol. The van der Waals surface area contributed by atoms with Crippen molar-refractivity contribution in [2.75, 3.05) is 0 Å². The Bertz CT molecular complexity index is 44.0. The molecular weight excluding hydrogens is 192 g/mol. The molecule has 16 heavy (non-hydrogen) atoms. The predicted octanol–water partition coefficient (Wildman–Crippen LogP) is 7.25. The standard InChI is InChI=1S/C5H12.C4H8.C3H8.2C2H6/c1-3-5-4-2;1-3-4-2;1-3-2;2*1-2/h3-5H2,1-2H3;3H,1,4H2,2H3;3H2,1-2H3;2*1-2H3. The van der Waals surface area contributed by atoms with Gasteiger partial charge in [0.25, 0.3) is 0 Å². The normalized spacial score (nSPS) is 6.06. The van der Waals surface area contributed by atoms with Crippen LogP contribution < -0.4 is 0 Å². The van der Waals surface area contributed by atoms with Crippen molar-refractivity contribution in [2.45, 2.75) is 94.4 Å². The Morgan fingerprint density at radius 2 is 0.938 bits per heavy atom. The Kier molecular flexibility index (Phi) is 157. The van der Waals surface area contributed by atoms with E-state index in [9.17, 15) is 0 Å². The molecule has 0 radical (unpaired) electrons. The number of hydrogen-bond donors (Lipinski definition) is 0. The molecule has 0 N–H and O–H groups in total. The first-order valence-corrected chi connectivity index (χ1v) is 7.35. The van der Waals surface area contributed by atoms with Crippen molar-refractivity contribution >= 4 is 0 Å². The van der Waals surface area contributed by atoms with Gasteiger partial charge in [-0.1, -0.05) is 94.1 Å². The van der Waals surface area contributed by atoms with Crippen LogP contribution in [0.2, 0.25) is 0 Å². The molecule has 0 aromatic carbocycles. The van der Waals surface area contributed by atoms with E-state index in [-0.39, 0.29) is 0 Å². The van der Waals surface area contributed by atoms with E-state index in [0.717, 1.165) is 6.42 Å². The van der Waals surface area contributed by atoms with E-state index in [2.05, 4.69) is 41.2 Å². The van der Waals surface area contributed by atoms with Gasteiger partial charge in [0, 0.05) is 0 Å². The summed E-state index contributed by atoms with van der Waals surface area (Å²) in [6.07, 6.45) is 8.28. The number of rotatable bonds is 3. The van der Waals surface area contributed by atoms with E-state index in [1.165, 1.54) is 25.7 Å². The molecule has 0 aliphatic heterocycles. The van der Waals surface area contributed by atoms with E-state index < -0.39 is 0 Å². The van der Waals surface area contributed by atoms with Crippen LogP contribution in [0.4, 0.5) is 0 Å². The first-order chi connectivity index (χ1) is 7.74. The third-order valence-electron chi connectivity index (χ3n) is 0.996. The van der Waals surface area contributed by atoms with Crippen molar-refractivity contribution < 1.29 is 0 Å². The van der Waals surface area contributed by atoms with E-state index in [1.807, 2.05) is 33.8 Å². The van der Waals surface area contributed by atoms with E-state index in [4.69, 9.17) is 0 Å². The second kappa shape index (κ2) is 84.5. The van der Waals surface area contributed by atoms with E-state index >= 15 is 0 Å². The summed E-state index contributed by atoms with van der Waals surface area (Å²) in [5.74, 6) is 0. The molecule has 0 heteroatoms. The molecule has 0 fully saturated rings. The monoisotopic (exact) mass is 232 g/mol. The minimum absolute atomic E-state index is 1.08. The number of hydrogen-bond acceptors (Lipinski definition) is 0. The highest BCUT2D eigenvalue weighted by Gasteiger charge is 1.68. The van der Waals surface area contributed by atoms with Crippen molar-refractivity contribution in [3.8, 4) is 0 Å². The van der Waals surface area contributed by atoms with Gasteiger partial charge in [-0.3, -0.25) is 0 Å². The van der Waals surface area contributed by atoms with Crippen molar-refractivity contribution in [1.82, 2.24) is 0 Å². The molecule has 0 rings (SSSR count). The summed E-state index contributed by atoms with van der Waals surface area (Å²) in [6.45, 7) is 22.2. The lowest BCUT2D eigenvalue weighted by molar-refractivity contribution is 0.772. The molecule has 0 amide bonds. The summed E-state index contributed by atoms with van der Waals surface area (Å²) in [4.78, 5) is 0. The Hall–Kier alpha value is -0.260. The van der Waals surface area contributed by atoms with Gasteiger partial charge in [-0.15, -0.1) is 6.58 Å². The van der Waals surface area contributed by atoms with Crippen molar-refractivity contribution in [3.63, 3.8) is 0 Å². The third kappa shape index (κ3) is 297. The zero-order chi connectivity index (χ0) is 14.2. The van der Waals surface area contributed by atoms with Crippen LogP contribution in [0.15, 0.2) is 12.7 Å². The molecule has 0 aromatic rings. The Labute approximate surface area is 108 Å². The van der Waals surface area contributed by atoms with Gasteiger partial charge in [0.05, 0.1) is 0 Å². The lowest BCUT2D eigenvalue weighted by Gasteiger charge is -1.79. The molecule has 104 valence electrons. The lowest BCUT2D eigenvalue weighted by Crippen LogP contribution is -1.59. The first-order valence-electron chi connectivity index (χ1n) is 7.35. The molecule has 0 saturated carbocycles. The van der Waals surface area contributed by atoms with Crippen LogP contribution >= 0.6 is 0 Å². The summed E-state index contributed by atoms with van der Waals surface area (Å²) in [6, 6.07) is 0. The van der Waals surface area contributed by atoms with Gasteiger partial charge >= 0.3 is 0 Å². The fourth-order valence-corrected chi connectivity index (χ4v) is 0.354. The number of allylic oxidation sites excluding steroid dienone is 1. The largest absolute Gasteiger partial charge is 0.103 e. The van der Waals surface area contributed by atoms with Crippen molar-refractivity contribution in [2.24, 2.45) is 0 Å². The number of unbranched alkanes of at least 4 members (excludes halogenated alkanes) is 2. The molecule has 0 saturated heterocycles. The van der Waals surface area contributed by atoms with Gasteiger partial charge in [-0.2, -0.15) is 0 Å². The summed E-state index contributed by atoms with van der Waals surface area (Å²) in [5.41, 5.74) is 0. The second-order valence-electron chi connectivity index (χ2n) is 2.76. The molecule has 0 aliphatic carbocycles. The van der Waals surface area contributed by atoms with E-state index in [0.29, 0.717) is 0 Å². The van der Waals surface area contributed by atoms with Gasteiger partial charge < -0.3 is 0 Å². The quantitative estimate of drug-likeness (QED) is 0.450. The maximum Gasteiger partial charge on any atom is -0.0382 e. The molecule has 0 aromatic heterocycles. The summed E-state index contributed by atoms with van der Waals surface area (Å²) in [5, 5.41) is 0. The Balaban J connectivity index is -0.0000000334. The fraction of sp³-hybridized carbons (Fsp3) is 0.875. The fourth-order valence-electron chi connectivity index (χ4n) is 0.354. The van der Waals surface area contributed by atoms with Gasteiger partial charge in [-0.25, -0.2) is 0 Å². The summed E-state index contributed by atoms with van der Waals surface area (Å²) >= 11 is 0. The molecular formula is C16H40. The molecule has 0 atom stereocenters. The van der Waals surface area contributed by atoms with Crippen LogP contribution in [-0.4, -0.2) is 0 Å². The Morgan fingerprint density at radius 3 is 0.938 bits per heavy atom. The van der Waals surface area contributed by atoms with Crippen molar-refractivity contribution in [3.05, 3.63) is 12.7 Å². The third-order valence-corrected chi connectivity index (χ3v) is 0.996. The minimum atomic E-state index is 1.08. The summed E-state index contributed by atoms with van der Waals surface area (Å²) < 4.78 is 0. The van der Waals surface area contributed by atoms with Crippen LogP contribution in [0, 0.1) is 0 Å². The van der Waals surface area contributed by atoms with Crippen molar-refractivity contribution in [1.29, 1.82) is 0 Å². The smallest absolute Gasteiger partial charge is 0.0382 e. The van der Waals surface area contributed by atoms with Crippen LogP contribution in [0.25, 0.3) is 0 Å². The molecule has 0 heterocycles. The minimum Gasteiger partial charge on any atom is -0.103 e. The zero-order valence-corrected chi connectivity index (χ0v) is 13.8. The predicted molar refractivity (Wildman–Crippen MR) is 84.3 cm³/mol. The van der Waals surface area contributed by atoms with Gasteiger partial charge in [0.15, 0.2) is 0 Å². The molecule has 0 unspecified atom stereocenters. The molecule has 0 spiro atoms. The lowest BCUT2D eigenvalue weighted by atomic mass is 10.3. The highest BCUT2D eigenvalue weighted by molar-refractivity contribution is 4.60. The molecule has 0 nitrogen and oxygen atoms in total. The average Bonchev–Trinajstić information content (AvgIpc) is 2.36. The molecule has 0 aliphatic rings.